The van der Waals surface area contributed by atoms with Crippen molar-refractivity contribution < 1.29 is 4.74 Å². The van der Waals surface area contributed by atoms with E-state index in [0.29, 0.717) is 18.4 Å². The fraction of sp³-hybridized carbons (Fsp3) is 0.478. The fourth-order valence-corrected chi connectivity index (χ4v) is 3.93. The van der Waals surface area contributed by atoms with Gasteiger partial charge in [0.2, 0.25) is 0 Å². The molecule has 1 aliphatic rings. The van der Waals surface area contributed by atoms with Crippen LogP contribution in [0.2, 0.25) is 0 Å². The Balaban J connectivity index is 1.30. The lowest BCUT2D eigenvalue weighted by atomic mass is 10.0. The number of nitrogens with one attached hydrogen (secondary N) is 1. The molecule has 0 spiro atoms. The van der Waals surface area contributed by atoms with Crippen LogP contribution >= 0.6 is 0 Å². The molecule has 0 radical (unpaired) electrons. The number of ether oxygens (including phenoxy) is 1. The first-order chi connectivity index (χ1) is 14.0. The van der Waals surface area contributed by atoms with E-state index in [1.807, 2.05) is 30.1 Å². The predicted molar refractivity (Wildman–Crippen MR) is 114 cm³/mol. The second-order valence-electron chi connectivity index (χ2n) is 8.43. The summed E-state index contributed by atoms with van der Waals surface area (Å²) in [5.41, 5.74) is 6.05. The summed E-state index contributed by atoms with van der Waals surface area (Å²) >= 11 is 0. The van der Waals surface area contributed by atoms with Crippen LogP contribution in [0.25, 0.3) is 0 Å². The van der Waals surface area contributed by atoms with E-state index < -0.39 is 0 Å². The molecule has 1 saturated heterocycles. The number of rotatable bonds is 7. The third kappa shape index (κ3) is 4.53. The van der Waals surface area contributed by atoms with Crippen LogP contribution in [-0.4, -0.2) is 38.0 Å². The highest BCUT2D eigenvalue weighted by Gasteiger charge is 2.26. The van der Waals surface area contributed by atoms with Gasteiger partial charge in [0, 0.05) is 37.3 Å². The molecule has 0 unspecified atom stereocenters. The van der Waals surface area contributed by atoms with Crippen molar-refractivity contribution in [2.45, 2.75) is 52.2 Å². The fourth-order valence-electron chi connectivity index (χ4n) is 3.93. The first-order valence-corrected chi connectivity index (χ1v) is 10.5. The highest BCUT2D eigenvalue weighted by atomic mass is 16.5. The van der Waals surface area contributed by atoms with E-state index >= 15 is 0 Å². The van der Waals surface area contributed by atoms with E-state index in [2.05, 4.69) is 59.2 Å². The van der Waals surface area contributed by atoms with Crippen LogP contribution in [-0.2, 0) is 20.2 Å². The summed E-state index contributed by atoms with van der Waals surface area (Å²) in [5, 5.41) is 12.1. The normalized spacial score (nSPS) is 17.3. The number of aromatic nitrogens is 4. The lowest BCUT2D eigenvalue weighted by Gasteiger charge is -2.15. The van der Waals surface area contributed by atoms with Crippen molar-refractivity contribution in [1.82, 2.24) is 24.9 Å². The number of H-pyrrole nitrogens is 1. The zero-order valence-electron chi connectivity index (χ0n) is 17.9. The molecular formula is C23H31N5O. The Kier molecular flexibility index (Phi) is 5.72. The number of likely N-dealkylation sites (tertiary alicyclic amines) is 1. The summed E-state index contributed by atoms with van der Waals surface area (Å²) in [4.78, 5) is 2.50. The van der Waals surface area contributed by atoms with Gasteiger partial charge in [-0.2, -0.15) is 10.2 Å². The van der Waals surface area contributed by atoms with Gasteiger partial charge in [-0.3, -0.25) is 14.7 Å². The van der Waals surface area contributed by atoms with Gasteiger partial charge >= 0.3 is 0 Å². The quantitative estimate of drug-likeness (QED) is 0.655. The third-order valence-corrected chi connectivity index (χ3v) is 6.01. The number of nitrogens with zero attached hydrogens (tertiary/aromatic N) is 4. The molecule has 6 nitrogen and oxygen atoms in total. The molecule has 0 bridgehead atoms. The summed E-state index contributed by atoms with van der Waals surface area (Å²) in [6, 6.07) is 10.5. The molecule has 0 amide bonds. The van der Waals surface area contributed by atoms with Crippen LogP contribution in [0, 0.1) is 6.92 Å². The Morgan fingerprint density at radius 3 is 2.72 bits per heavy atom. The van der Waals surface area contributed by atoms with E-state index in [1.165, 1.54) is 16.8 Å². The maximum atomic E-state index is 5.93. The molecule has 29 heavy (non-hydrogen) atoms. The summed E-state index contributed by atoms with van der Waals surface area (Å²) in [6.45, 7) is 10.1. The lowest BCUT2D eigenvalue weighted by Crippen LogP contribution is -2.20. The highest BCUT2D eigenvalue weighted by Crippen LogP contribution is 2.28. The smallest absolute Gasteiger partial charge is 0.130 e. The minimum Gasteiger partial charge on any atom is -0.487 e. The molecule has 0 saturated carbocycles. The molecule has 1 N–H and O–H groups in total. The first-order valence-electron chi connectivity index (χ1n) is 10.5. The van der Waals surface area contributed by atoms with Gasteiger partial charge in [0.25, 0.3) is 0 Å². The molecule has 3 heterocycles. The predicted octanol–water partition coefficient (Wildman–Crippen LogP) is 4.14. The summed E-state index contributed by atoms with van der Waals surface area (Å²) < 4.78 is 7.87. The Bertz CT molecular complexity index is 941. The summed E-state index contributed by atoms with van der Waals surface area (Å²) in [7, 11) is 2.00. The Morgan fingerprint density at radius 1 is 1.24 bits per heavy atom. The van der Waals surface area contributed by atoms with Crippen molar-refractivity contribution >= 4 is 0 Å². The van der Waals surface area contributed by atoms with Gasteiger partial charge in [-0.15, -0.1) is 0 Å². The summed E-state index contributed by atoms with van der Waals surface area (Å²) in [5.74, 6) is 1.90. The number of benzene rings is 1. The van der Waals surface area contributed by atoms with E-state index in [0.717, 1.165) is 43.2 Å². The second-order valence-corrected chi connectivity index (χ2v) is 8.43. The van der Waals surface area contributed by atoms with Gasteiger partial charge in [-0.05, 0) is 49.6 Å². The molecule has 6 heteroatoms. The van der Waals surface area contributed by atoms with E-state index in [1.54, 1.807) is 0 Å². The van der Waals surface area contributed by atoms with Crippen LogP contribution in [0.1, 0.15) is 60.3 Å². The Labute approximate surface area is 172 Å². The van der Waals surface area contributed by atoms with Crippen molar-refractivity contribution in [1.29, 1.82) is 0 Å². The maximum absolute atomic E-state index is 5.93. The van der Waals surface area contributed by atoms with Gasteiger partial charge in [-0.1, -0.05) is 26.0 Å². The summed E-state index contributed by atoms with van der Waals surface area (Å²) in [6.07, 6.45) is 3.13. The molecule has 154 valence electrons. The monoisotopic (exact) mass is 393 g/mol. The number of aromatic amines is 1. The van der Waals surface area contributed by atoms with E-state index in [9.17, 15) is 0 Å². The van der Waals surface area contributed by atoms with Crippen molar-refractivity contribution in [3.05, 3.63) is 64.7 Å². The van der Waals surface area contributed by atoms with Gasteiger partial charge < -0.3 is 4.74 Å². The Hall–Kier alpha value is -2.60. The average Bonchev–Trinajstić information content (AvgIpc) is 3.44. The van der Waals surface area contributed by atoms with Crippen LogP contribution in [0.3, 0.4) is 0 Å². The molecular weight excluding hydrogens is 362 g/mol. The molecule has 1 atom stereocenters. The standard InChI is InChI=1S/C23H31N5O/c1-16(2)18-5-7-22(8-6-18)29-15-21-11-23(26-25-21)19-9-10-28(13-19)14-20-12-24-27(4)17(20)3/h5-8,11-12,16,19H,9-10,13-15H2,1-4H3,(H,25,26)/t19-/m1/s1. The second kappa shape index (κ2) is 8.41. The average molecular weight is 394 g/mol. The van der Waals surface area contributed by atoms with Crippen molar-refractivity contribution in [2.24, 2.45) is 7.05 Å². The van der Waals surface area contributed by atoms with Crippen molar-refractivity contribution in [3.63, 3.8) is 0 Å². The number of hydrogen-bond donors (Lipinski definition) is 1. The third-order valence-electron chi connectivity index (χ3n) is 6.01. The molecule has 1 aliphatic heterocycles. The zero-order chi connectivity index (χ0) is 20.4. The van der Waals surface area contributed by atoms with Crippen molar-refractivity contribution in [2.75, 3.05) is 13.1 Å². The van der Waals surface area contributed by atoms with Crippen LogP contribution < -0.4 is 4.74 Å². The number of hydrogen-bond acceptors (Lipinski definition) is 4. The lowest BCUT2D eigenvalue weighted by molar-refractivity contribution is 0.301. The largest absolute Gasteiger partial charge is 0.487 e. The maximum Gasteiger partial charge on any atom is 0.130 e. The van der Waals surface area contributed by atoms with Gasteiger partial charge in [-0.25, -0.2) is 0 Å². The minimum atomic E-state index is 0.474. The number of aryl methyl sites for hydroxylation is 1. The zero-order valence-corrected chi connectivity index (χ0v) is 17.9. The van der Waals surface area contributed by atoms with Gasteiger partial charge in [0.1, 0.15) is 12.4 Å². The van der Waals surface area contributed by atoms with E-state index in [-0.39, 0.29) is 0 Å². The van der Waals surface area contributed by atoms with Crippen molar-refractivity contribution in [3.8, 4) is 5.75 Å². The van der Waals surface area contributed by atoms with Gasteiger partial charge in [0.15, 0.2) is 0 Å². The molecule has 1 fully saturated rings. The molecule has 3 aromatic rings. The SMILES string of the molecule is Cc1c(CN2CC[C@@H](c3cc(COc4ccc(C(C)C)cc4)[nH]n3)C2)cnn1C. The van der Waals surface area contributed by atoms with Crippen LogP contribution in [0.5, 0.6) is 5.75 Å². The van der Waals surface area contributed by atoms with E-state index in [4.69, 9.17) is 4.74 Å². The molecule has 4 rings (SSSR count). The molecule has 1 aromatic carbocycles. The van der Waals surface area contributed by atoms with Crippen LogP contribution in [0.4, 0.5) is 0 Å². The highest BCUT2D eigenvalue weighted by molar-refractivity contribution is 5.29. The topological polar surface area (TPSA) is 59.0 Å². The van der Waals surface area contributed by atoms with Crippen LogP contribution in [0.15, 0.2) is 36.5 Å². The Morgan fingerprint density at radius 2 is 2.03 bits per heavy atom. The minimum absolute atomic E-state index is 0.474. The van der Waals surface area contributed by atoms with Gasteiger partial charge in [0.05, 0.1) is 17.6 Å². The first kappa shape index (κ1) is 19.7. The molecule has 0 aliphatic carbocycles. The molecule has 2 aromatic heterocycles.